The standard InChI is InChI=1S/C20H24N2O3.ClH/c21-19(16-9-11-24-12-10-16)20(23)22-14-15-5-4-8-18(13-15)25-17-6-2-1-3-7-17;/h1-8,13,16,19H,9-12,14,21H2,(H,22,23);1H. The fraction of sp³-hybridized carbons (Fsp3) is 0.350. The SMILES string of the molecule is Cl.NC(C(=O)NCc1cccc(Oc2ccccc2)c1)C1CCOCC1. The van der Waals surface area contributed by atoms with Crippen molar-refractivity contribution in [3.8, 4) is 11.5 Å². The maximum Gasteiger partial charge on any atom is 0.237 e. The molecule has 1 aliphatic heterocycles. The van der Waals surface area contributed by atoms with Gasteiger partial charge in [-0.1, -0.05) is 30.3 Å². The molecule has 0 aromatic heterocycles. The lowest BCUT2D eigenvalue weighted by atomic mass is 9.92. The van der Waals surface area contributed by atoms with Crippen molar-refractivity contribution in [2.45, 2.75) is 25.4 Å². The van der Waals surface area contributed by atoms with Crippen LogP contribution in [0.3, 0.4) is 0 Å². The summed E-state index contributed by atoms with van der Waals surface area (Å²) in [5.74, 6) is 1.61. The first-order valence-corrected chi connectivity index (χ1v) is 8.65. The maximum absolute atomic E-state index is 12.3. The van der Waals surface area contributed by atoms with Crippen LogP contribution in [0.4, 0.5) is 0 Å². The van der Waals surface area contributed by atoms with Gasteiger partial charge < -0.3 is 20.5 Å². The monoisotopic (exact) mass is 376 g/mol. The molecule has 1 amide bonds. The number of benzene rings is 2. The van der Waals surface area contributed by atoms with E-state index in [0.29, 0.717) is 19.8 Å². The van der Waals surface area contributed by atoms with E-state index in [4.69, 9.17) is 15.2 Å². The Morgan fingerprint density at radius 1 is 1.12 bits per heavy atom. The van der Waals surface area contributed by atoms with Crippen molar-refractivity contribution < 1.29 is 14.3 Å². The highest BCUT2D eigenvalue weighted by Crippen LogP contribution is 2.22. The molecule has 0 saturated carbocycles. The van der Waals surface area contributed by atoms with Gasteiger partial charge in [0.15, 0.2) is 0 Å². The molecule has 0 aliphatic carbocycles. The molecule has 26 heavy (non-hydrogen) atoms. The minimum Gasteiger partial charge on any atom is -0.457 e. The Kier molecular flexibility index (Phi) is 7.91. The second-order valence-corrected chi connectivity index (χ2v) is 6.26. The Labute approximate surface area is 160 Å². The van der Waals surface area contributed by atoms with Crippen molar-refractivity contribution in [1.82, 2.24) is 5.32 Å². The summed E-state index contributed by atoms with van der Waals surface area (Å²) in [5.41, 5.74) is 7.07. The second-order valence-electron chi connectivity index (χ2n) is 6.26. The predicted octanol–water partition coefficient (Wildman–Crippen LogP) is 3.27. The predicted molar refractivity (Wildman–Crippen MR) is 104 cm³/mol. The van der Waals surface area contributed by atoms with Gasteiger partial charge in [0.1, 0.15) is 11.5 Å². The molecule has 1 aliphatic rings. The summed E-state index contributed by atoms with van der Waals surface area (Å²) in [4.78, 5) is 12.3. The third-order valence-electron chi connectivity index (χ3n) is 4.42. The number of carbonyl (C=O) groups excluding carboxylic acids is 1. The fourth-order valence-electron chi connectivity index (χ4n) is 2.94. The number of nitrogens with one attached hydrogen (secondary N) is 1. The molecule has 6 heteroatoms. The zero-order valence-corrected chi connectivity index (χ0v) is 15.4. The fourth-order valence-corrected chi connectivity index (χ4v) is 2.94. The number of hydrogen-bond donors (Lipinski definition) is 2. The van der Waals surface area contributed by atoms with Crippen molar-refractivity contribution in [2.24, 2.45) is 11.7 Å². The first kappa shape index (κ1) is 20.2. The highest BCUT2D eigenvalue weighted by molar-refractivity contribution is 5.85. The Hall–Kier alpha value is -2.08. The maximum atomic E-state index is 12.3. The van der Waals surface area contributed by atoms with Gasteiger partial charge in [0.05, 0.1) is 6.04 Å². The molecule has 0 radical (unpaired) electrons. The molecule has 1 fully saturated rings. The van der Waals surface area contributed by atoms with Crippen LogP contribution in [0, 0.1) is 5.92 Å². The number of para-hydroxylation sites is 1. The Morgan fingerprint density at radius 2 is 1.81 bits per heavy atom. The lowest BCUT2D eigenvalue weighted by molar-refractivity contribution is -0.124. The first-order chi connectivity index (χ1) is 12.2. The third-order valence-corrected chi connectivity index (χ3v) is 4.42. The lowest BCUT2D eigenvalue weighted by Crippen LogP contribution is -2.46. The van der Waals surface area contributed by atoms with E-state index in [9.17, 15) is 4.79 Å². The van der Waals surface area contributed by atoms with Crippen molar-refractivity contribution in [3.05, 3.63) is 60.2 Å². The van der Waals surface area contributed by atoms with Crippen LogP contribution in [0.25, 0.3) is 0 Å². The third kappa shape index (κ3) is 5.73. The van der Waals surface area contributed by atoms with Crippen molar-refractivity contribution >= 4 is 18.3 Å². The summed E-state index contributed by atoms with van der Waals surface area (Å²) in [6, 6.07) is 16.8. The molecule has 1 unspecified atom stereocenters. The van der Waals surface area contributed by atoms with E-state index >= 15 is 0 Å². The summed E-state index contributed by atoms with van der Waals surface area (Å²) < 4.78 is 11.1. The number of carbonyl (C=O) groups is 1. The highest BCUT2D eigenvalue weighted by Gasteiger charge is 2.26. The average Bonchev–Trinajstić information content (AvgIpc) is 2.67. The highest BCUT2D eigenvalue weighted by atomic mass is 35.5. The van der Waals surface area contributed by atoms with Gasteiger partial charge in [0.2, 0.25) is 5.91 Å². The van der Waals surface area contributed by atoms with E-state index in [2.05, 4.69) is 5.32 Å². The number of hydrogen-bond acceptors (Lipinski definition) is 4. The van der Waals surface area contributed by atoms with Gasteiger partial charge in [-0.3, -0.25) is 4.79 Å². The molecule has 140 valence electrons. The van der Waals surface area contributed by atoms with Gasteiger partial charge in [-0.2, -0.15) is 0 Å². The molecular weight excluding hydrogens is 352 g/mol. The van der Waals surface area contributed by atoms with Gasteiger partial charge in [-0.25, -0.2) is 0 Å². The largest absolute Gasteiger partial charge is 0.457 e. The van der Waals surface area contributed by atoms with E-state index in [1.54, 1.807) is 0 Å². The number of nitrogens with two attached hydrogens (primary N) is 1. The molecule has 3 N–H and O–H groups in total. The zero-order chi connectivity index (χ0) is 17.5. The Bertz CT molecular complexity index is 690. The van der Waals surface area contributed by atoms with Crippen LogP contribution < -0.4 is 15.8 Å². The molecule has 1 atom stereocenters. The smallest absolute Gasteiger partial charge is 0.237 e. The first-order valence-electron chi connectivity index (χ1n) is 8.65. The molecule has 3 rings (SSSR count). The molecule has 2 aromatic carbocycles. The molecular formula is C20H25ClN2O3. The molecule has 0 bridgehead atoms. The summed E-state index contributed by atoms with van der Waals surface area (Å²) in [6.07, 6.45) is 1.68. The van der Waals surface area contributed by atoms with Gasteiger partial charge in [0.25, 0.3) is 0 Å². The topological polar surface area (TPSA) is 73.6 Å². The summed E-state index contributed by atoms with van der Waals surface area (Å²) in [6.45, 7) is 1.80. The van der Waals surface area contributed by atoms with Crippen LogP contribution in [-0.4, -0.2) is 25.2 Å². The zero-order valence-electron chi connectivity index (χ0n) is 14.6. The minimum atomic E-state index is -0.479. The number of halogens is 1. The van der Waals surface area contributed by atoms with Crippen LogP contribution in [0.1, 0.15) is 18.4 Å². The number of ether oxygens (including phenoxy) is 2. The average molecular weight is 377 g/mol. The normalized spacial score (nSPS) is 15.6. The van der Waals surface area contributed by atoms with E-state index < -0.39 is 6.04 Å². The van der Waals surface area contributed by atoms with Crippen molar-refractivity contribution in [3.63, 3.8) is 0 Å². The van der Waals surface area contributed by atoms with Crippen molar-refractivity contribution in [1.29, 1.82) is 0 Å². The second kappa shape index (κ2) is 10.2. The summed E-state index contributed by atoms with van der Waals surface area (Å²) >= 11 is 0. The van der Waals surface area contributed by atoms with Crippen molar-refractivity contribution in [2.75, 3.05) is 13.2 Å². The Balaban J connectivity index is 0.00000243. The van der Waals surface area contributed by atoms with Crippen LogP contribution in [0.5, 0.6) is 11.5 Å². The van der Waals surface area contributed by atoms with Gasteiger partial charge in [-0.05, 0) is 48.6 Å². The molecule has 1 saturated heterocycles. The molecule has 2 aromatic rings. The van der Waals surface area contributed by atoms with Gasteiger partial charge in [-0.15, -0.1) is 12.4 Å². The van der Waals surface area contributed by atoms with Crippen LogP contribution in [0.2, 0.25) is 0 Å². The van der Waals surface area contributed by atoms with E-state index in [-0.39, 0.29) is 24.2 Å². The van der Waals surface area contributed by atoms with Crippen LogP contribution in [-0.2, 0) is 16.1 Å². The van der Waals surface area contributed by atoms with E-state index in [0.717, 1.165) is 29.9 Å². The minimum absolute atomic E-state index is 0. The van der Waals surface area contributed by atoms with Crippen LogP contribution in [0.15, 0.2) is 54.6 Å². The molecule has 0 spiro atoms. The summed E-state index contributed by atoms with van der Waals surface area (Å²) in [5, 5.41) is 2.93. The van der Waals surface area contributed by atoms with E-state index in [1.165, 1.54) is 0 Å². The number of rotatable bonds is 6. The quantitative estimate of drug-likeness (QED) is 0.811. The Morgan fingerprint density at radius 3 is 2.54 bits per heavy atom. The molecule has 1 heterocycles. The summed E-state index contributed by atoms with van der Waals surface area (Å²) in [7, 11) is 0. The van der Waals surface area contributed by atoms with Gasteiger partial charge in [0, 0.05) is 19.8 Å². The number of amides is 1. The van der Waals surface area contributed by atoms with Gasteiger partial charge >= 0.3 is 0 Å². The lowest BCUT2D eigenvalue weighted by Gasteiger charge is -2.26. The molecule has 5 nitrogen and oxygen atoms in total. The van der Waals surface area contributed by atoms with Crippen LogP contribution >= 0.6 is 12.4 Å². The van der Waals surface area contributed by atoms with E-state index in [1.807, 2.05) is 54.6 Å².